The average molecular weight is 361 g/mol. The van der Waals surface area contributed by atoms with E-state index in [-0.39, 0.29) is 0 Å². The van der Waals surface area contributed by atoms with Crippen LogP contribution in [-0.2, 0) is 0 Å². The molecular weight excluding hydrogens is 331 g/mol. The minimum Gasteiger partial charge on any atom is -0.0654 e. The fourth-order valence-electron chi connectivity index (χ4n) is 4.08. The van der Waals surface area contributed by atoms with Crippen LogP contribution in [0.5, 0.6) is 0 Å². The second-order valence-electron chi connectivity index (χ2n) is 7.07. The maximum absolute atomic E-state index is 2.48. The van der Waals surface area contributed by atoms with Crippen LogP contribution in [0.2, 0.25) is 0 Å². The molecule has 0 unspecified atom stereocenters. The lowest BCUT2D eigenvalue weighted by atomic mass is 10.2. The number of hydrogen-bond acceptors (Lipinski definition) is 0. The second-order valence-corrected chi connectivity index (χ2v) is 11.0. The van der Waals surface area contributed by atoms with E-state index in [9.17, 15) is 0 Å². The van der Waals surface area contributed by atoms with Gasteiger partial charge in [0.2, 0.25) is 0 Å². The highest BCUT2D eigenvalue weighted by Crippen LogP contribution is 2.60. The molecule has 0 aliphatic heterocycles. The van der Waals surface area contributed by atoms with Crippen LogP contribution >= 0.6 is 7.26 Å². The summed E-state index contributed by atoms with van der Waals surface area (Å²) in [6.45, 7) is 4.77. The molecule has 0 bridgehead atoms. The summed E-state index contributed by atoms with van der Waals surface area (Å²) in [4.78, 5) is 0. The van der Waals surface area contributed by atoms with Crippen LogP contribution in [-0.4, -0.2) is 5.66 Å². The predicted octanol–water partition coefficient (Wildman–Crippen LogP) is 5.95. The van der Waals surface area contributed by atoms with Gasteiger partial charge in [0, 0.05) is 0 Å². The molecule has 3 aromatic carbocycles. The molecule has 0 aliphatic rings. The highest BCUT2D eigenvalue weighted by molar-refractivity contribution is 7.96. The lowest BCUT2D eigenvalue weighted by Gasteiger charge is -2.33. The zero-order chi connectivity index (χ0) is 18.2. The third-order valence-electron chi connectivity index (χ3n) is 5.38. The first-order valence-corrected chi connectivity index (χ1v) is 11.7. The van der Waals surface area contributed by atoms with Crippen molar-refractivity contribution in [1.82, 2.24) is 0 Å². The monoisotopic (exact) mass is 361 g/mol. The van der Waals surface area contributed by atoms with Gasteiger partial charge >= 0.3 is 0 Å². The molecule has 0 amide bonds. The number of rotatable bonds is 8. The summed E-state index contributed by atoms with van der Waals surface area (Å²) in [7, 11) is -1.68. The van der Waals surface area contributed by atoms with E-state index in [0.29, 0.717) is 5.66 Å². The zero-order valence-electron chi connectivity index (χ0n) is 16.0. The summed E-state index contributed by atoms with van der Waals surface area (Å²) in [5.74, 6) is 0. The van der Waals surface area contributed by atoms with Crippen molar-refractivity contribution >= 4 is 23.2 Å². The number of hydrogen-bond donors (Lipinski definition) is 0. The van der Waals surface area contributed by atoms with Gasteiger partial charge in [-0.25, -0.2) is 0 Å². The molecule has 0 saturated heterocycles. The lowest BCUT2D eigenvalue weighted by molar-refractivity contribution is 0.660. The topological polar surface area (TPSA) is 0 Å². The minimum absolute atomic E-state index is 0.626. The molecule has 0 spiro atoms. The van der Waals surface area contributed by atoms with Gasteiger partial charge in [-0.15, -0.1) is 0 Å². The van der Waals surface area contributed by atoms with Crippen molar-refractivity contribution in [2.75, 3.05) is 0 Å². The molecule has 0 aliphatic carbocycles. The van der Waals surface area contributed by atoms with Crippen molar-refractivity contribution in [3.8, 4) is 0 Å². The first-order chi connectivity index (χ1) is 12.8. The molecule has 0 fully saturated rings. The van der Waals surface area contributed by atoms with Gasteiger partial charge < -0.3 is 0 Å². The molecule has 3 rings (SSSR count). The van der Waals surface area contributed by atoms with Crippen LogP contribution in [0.3, 0.4) is 0 Å². The smallest absolute Gasteiger partial charge is 0.0654 e. The van der Waals surface area contributed by atoms with Crippen LogP contribution in [0.4, 0.5) is 0 Å². The summed E-state index contributed by atoms with van der Waals surface area (Å²) in [6, 6.07) is 33.7. The maximum atomic E-state index is 2.48. The first-order valence-electron chi connectivity index (χ1n) is 9.85. The molecular formula is C25H30P+. The Morgan fingerprint density at radius 1 is 0.615 bits per heavy atom. The van der Waals surface area contributed by atoms with Gasteiger partial charge in [-0.3, -0.25) is 0 Å². The minimum atomic E-state index is -1.68. The van der Waals surface area contributed by atoms with Gasteiger partial charge in [-0.05, 0) is 56.2 Å². The van der Waals surface area contributed by atoms with Crippen molar-refractivity contribution in [3.63, 3.8) is 0 Å². The van der Waals surface area contributed by atoms with Crippen molar-refractivity contribution in [2.24, 2.45) is 0 Å². The molecule has 0 saturated carbocycles. The Bertz CT molecular complexity index is 668. The van der Waals surface area contributed by atoms with E-state index in [1.165, 1.54) is 41.6 Å². The Morgan fingerprint density at radius 3 is 1.35 bits per heavy atom. The highest BCUT2D eigenvalue weighted by Gasteiger charge is 2.49. The summed E-state index contributed by atoms with van der Waals surface area (Å²) >= 11 is 0. The molecule has 3 aromatic rings. The van der Waals surface area contributed by atoms with Crippen molar-refractivity contribution in [2.45, 2.75) is 45.2 Å². The van der Waals surface area contributed by atoms with E-state index in [0.717, 1.165) is 0 Å². The van der Waals surface area contributed by atoms with Crippen LogP contribution in [0.25, 0.3) is 0 Å². The Labute approximate surface area is 159 Å². The van der Waals surface area contributed by atoms with Gasteiger partial charge in [0.05, 0.1) is 5.66 Å². The normalized spacial score (nSPS) is 12.7. The zero-order valence-corrected chi connectivity index (χ0v) is 16.9. The Balaban J connectivity index is 2.21. The van der Waals surface area contributed by atoms with E-state index in [1.54, 1.807) is 0 Å². The lowest BCUT2D eigenvalue weighted by Crippen LogP contribution is -2.37. The van der Waals surface area contributed by atoms with Crippen molar-refractivity contribution in [1.29, 1.82) is 0 Å². The molecule has 0 N–H and O–H groups in total. The van der Waals surface area contributed by atoms with Crippen LogP contribution in [0.1, 0.15) is 39.5 Å². The third-order valence-corrected chi connectivity index (χ3v) is 10.3. The Kier molecular flexibility index (Phi) is 6.64. The summed E-state index contributed by atoms with van der Waals surface area (Å²) in [5, 5.41) is 4.50. The van der Waals surface area contributed by atoms with E-state index in [4.69, 9.17) is 0 Å². The van der Waals surface area contributed by atoms with Crippen LogP contribution in [0, 0.1) is 0 Å². The number of unbranched alkanes of at least 4 members (excludes halogenated alkanes) is 2. The summed E-state index contributed by atoms with van der Waals surface area (Å²) < 4.78 is 0. The average Bonchev–Trinajstić information content (AvgIpc) is 2.71. The van der Waals surface area contributed by atoms with Gasteiger partial charge in [0.15, 0.2) is 0 Å². The second kappa shape index (κ2) is 9.15. The maximum Gasteiger partial charge on any atom is 0.114 e. The van der Waals surface area contributed by atoms with Gasteiger partial charge in [0.1, 0.15) is 23.2 Å². The molecule has 0 nitrogen and oxygen atoms in total. The van der Waals surface area contributed by atoms with E-state index in [1.807, 2.05) is 0 Å². The van der Waals surface area contributed by atoms with Gasteiger partial charge in [0.25, 0.3) is 0 Å². The fraction of sp³-hybridized carbons (Fsp3) is 0.280. The predicted molar refractivity (Wildman–Crippen MR) is 119 cm³/mol. The fourth-order valence-corrected chi connectivity index (χ4v) is 9.00. The standard InChI is InChI=1S/C25H30P/c1-3-4-8-15-22(2)26(23-16-9-5-10-17-23,24-18-11-6-12-19-24)25-20-13-7-14-21-25/h5-7,9-14,16-22H,3-4,8,15H2,1-2H3/q+1/t22-/m0/s1. The summed E-state index contributed by atoms with van der Waals surface area (Å²) in [6.07, 6.45) is 5.19. The first kappa shape index (κ1) is 18.9. The van der Waals surface area contributed by atoms with E-state index in [2.05, 4.69) is 105 Å². The molecule has 1 heteroatoms. The molecule has 0 radical (unpaired) electrons. The molecule has 0 aromatic heterocycles. The summed E-state index contributed by atoms with van der Waals surface area (Å²) in [5.41, 5.74) is 0.626. The van der Waals surface area contributed by atoms with Crippen molar-refractivity contribution < 1.29 is 0 Å². The largest absolute Gasteiger partial charge is 0.114 e. The Hall–Kier alpha value is -1.91. The quantitative estimate of drug-likeness (QED) is 0.343. The van der Waals surface area contributed by atoms with Gasteiger partial charge in [-0.2, -0.15) is 0 Å². The van der Waals surface area contributed by atoms with Crippen LogP contribution in [0.15, 0.2) is 91.0 Å². The SMILES string of the molecule is CCCCC[C@H](C)[P+](c1ccccc1)(c1ccccc1)c1ccccc1. The molecule has 0 heterocycles. The number of benzene rings is 3. The Morgan fingerprint density at radius 2 is 1.00 bits per heavy atom. The molecule has 134 valence electrons. The van der Waals surface area contributed by atoms with Crippen molar-refractivity contribution in [3.05, 3.63) is 91.0 Å². The highest BCUT2D eigenvalue weighted by atomic mass is 31.2. The third kappa shape index (κ3) is 3.76. The molecule has 1 atom stereocenters. The van der Waals surface area contributed by atoms with E-state index >= 15 is 0 Å². The van der Waals surface area contributed by atoms with Crippen LogP contribution < -0.4 is 15.9 Å². The van der Waals surface area contributed by atoms with E-state index < -0.39 is 7.26 Å². The van der Waals surface area contributed by atoms with Gasteiger partial charge in [-0.1, -0.05) is 74.4 Å². The molecule has 26 heavy (non-hydrogen) atoms.